The molecule has 0 atom stereocenters. The van der Waals surface area contributed by atoms with E-state index in [1.807, 2.05) is 0 Å². The van der Waals surface area contributed by atoms with Gasteiger partial charge in [0, 0.05) is 32.6 Å². The molecule has 2 aromatic rings. The van der Waals surface area contributed by atoms with Gasteiger partial charge >= 0.3 is 0 Å². The fraction of sp³-hybridized carbons (Fsp3) is 0.643. The molecule has 0 amide bonds. The number of aryl methyl sites for hydroxylation is 1. The average molecular weight is 277 g/mol. The lowest BCUT2D eigenvalue weighted by Crippen LogP contribution is -2.18. The zero-order valence-electron chi connectivity index (χ0n) is 12.5. The van der Waals surface area contributed by atoms with Crippen LogP contribution >= 0.6 is 0 Å². The van der Waals surface area contributed by atoms with Crippen LogP contribution in [-0.2, 0) is 13.0 Å². The summed E-state index contributed by atoms with van der Waals surface area (Å²) in [5.41, 5.74) is 1.07. The van der Waals surface area contributed by atoms with Crippen LogP contribution in [0.15, 0.2) is 16.8 Å². The van der Waals surface area contributed by atoms with Crippen LogP contribution in [-0.4, -0.2) is 26.5 Å². The Balaban J connectivity index is 1.74. The first-order chi connectivity index (χ1) is 9.72. The van der Waals surface area contributed by atoms with E-state index >= 15 is 0 Å². The lowest BCUT2D eigenvalue weighted by molar-refractivity contribution is 0.387. The summed E-state index contributed by atoms with van der Waals surface area (Å²) in [5.74, 6) is 1.36. The SMILES string of the molecule is CCC(CC)n1ccc(CNCCc2noc(C)n2)n1. The summed E-state index contributed by atoms with van der Waals surface area (Å²) in [6.07, 6.45) is 5.06. The number of aromatic nitrogens is 4. The van der Waals surface area contributed by atoms with Crippen LogP contribution in [0, 0.1) is 6.92 Å². The van der Waals surface area contributed by atoms with Gasteiger partial charge < -0.3 is 9.84 Å². The quantitative estimate of drug-likeness (QED) is 0.750. The number of nitrogens with zero attached hydrogens (tertiary/aromatic N) is 4. The highest BCUT2D eigenvalue weighted by molar-refractivity contribution is 4.99. The predicted molar refractivity (Wildman–Crippen MR) is 76.3 cm³/mol. The van der Waals surface area contributed by atoms with Gasteiger partial charge in [0.25, 0.3) is 0 Å². The van der Waals surface area contributed by atoms with E-state index in [-0.39, 0.29) is 0 Å². The van der Waals surface area contributed by atoms with Crippen molar-refractivity contribution in [1.29, 1.82) is 0 Å². The first kappa shape index (κ1) is 14.7. The molecule has 20 heavy (non-hydrogen) atoms. The number of hydrogen-bond donors (Lipinski definition) is 1. The molecular formula is C14H23N5O. The molecular weight excluding hydrogens is 254 g/mol. The van der Waals surface area contributed by atoms with Crippen molar-refractivity contribution in [2.24, 2.45) is 0 Å². The maximum Gasteiger partial charge on any atom is 0.223 e. The monoisotopic (exact) mass is 277 g/mol. The topological polar surface area (TPSA) is 68.8 Å². The van der Waals surface area contributed by atoms with Crippen molar-refractivity contribution in [3.63, 3.8) is 0 Å². The van der Waals surface area contributed by atoms with E-state index in [2.05, 4.69) is 51.3 Å². The highest BCUT2D eigenvalue weighted by Crippen LogP contribution is 2.14. The van der Waals surface area contributed by atoms with Crippen molar-refractivity contribution in [3.05, 3.63) is 29.7 Å². The van der Waals surface area contributed by atoms with Crippen molar-refractivity contribution < 1.29 is 4.52 Å². The first-order valence-corrected chi connectivity index (χ1v) is 7.26. The van der Waals surface area contributed by atoms with E-state index in [4.69, 9.17) is 4.52 Å². The Labute approximate surface area is 119 Å². The van der Waals surface area contributed by atoms with Gasteiger partial charge in [-0.3, -0.25) is 4.68 Å². The van der Waals surface area contributed by atoms with Crippen molar-refractivity contribution in [2.75, 3.05) is 6.54 Å². The maximum atomic E-state index is 4.93. The van der Waals surface area contributed by atoms with Gasteiger partial charge in [0.1, 0.15) is 0 Å². The van der Waals surface area contributed by atoms with Crippen LogP contribution in [0.3, 0.4) is 0 Å². The molecule has 2 aromatic heterocycles. The molecule has 0 unspecified atom stereocenters. The zero-order chi connectivity index (χ0) is 14.4. The van der Waals surface area contributed by atoms with Gasteiger partial charge in [-0.25, -0.2) is 0 Å². The third kappa shape index (κ3) is 3.90. The van der Waals surface area contributed by atoms with Crippen LogP contribution in [0.4, 0.5) is 0 Å². The number of rotatable bonds is 8. The van der Waals surface area contributed by atoms with E-state index < -0.39 is 0 Å². The van der Waals surface area contributed by atoms with Gasteiger partial charge in [-0.1, -0.05) is 19.0 Å². The third-order valence-corrected chi connectivity index (χ3v) is 3.38. The van der Waals surface area contributed by atoms with Crippen LogP contribution < -0.4 is 5.32 Å². The normalized spacial score (nSPS) is 11.4. The smallest absolute Gasteiger partial charge is 0.223 e. The van der Waals surface area contributed by atoms with Gasteiger partial charge in [-0.15, -0.1) is 0 Å². The maximum absolute atomic E-state index is 4.93. The van der Waals surface area contributed by atoms with Crippen LogP contribution in [0.1, 0.15) is 50.1 Å². The molecule has 6 nitrogen and oxygen atoms in total. The molecule has 0 saturated carbocycles. The van der Waals surface area contributed by atoms with Gasteiger partial charge in [-0.2, -0.15) is 10.1 Å². The highest BCUT2D eigenvalue weighted by atomic mass is 16.5. The molecule has 1 N–H and O–H groups in total. The molecule has 110 valence electrons. The summed E-state index contributed by atoms with van der Waals surface area (Å²) in [6.45, 7) is 7.77. The molecule has 0 aliphatic heterocycles. The third-order valence-electron chi connectivity index (χ3n) is 3.38. The Kier molecular flexibility index (Phi) is 5.29. The Bertz CT molecular complexity index is 515. The minimum absolute atomic E-state index is 0.506. The lowest BCUT2D eigenvalue weighted by atomic mass is 10.2. The Morgan fingerprint density at radius 1 is 1.35 bits per heavy atom. The van der Waals surface area contributed by atoms with E-state index in [1.165, 1.54) is 0 Å². The Hall–Kier alpha value is -1.69. The van der Waals surface area contributed by atoms with Crippen molar-refractivity contribution in [3.8, 4) is 0 Å². The second kappa shape index (κ2) is 7.19. The lowest BCUT2D eigenvalue weighted by Gasteiger charge is -2.12. The number of hydrogen-bond acceptors (Lipinski definition) is 5. The average Bonchev–Trinajstić information content (AvgIpc) is 3.06. The molecule has 0 radical (unpaired) electrons. The largest absolute Gasteiger partial charge is 0.340 e. The van der Waals surface area contributed by atoms with Crippen LogP contribution in [0.2, 0.25) is 0 Å². The van der Waals surface area contributed by atoms with Crippen LogP contribution in [0.25, 0.3) is 0 Å². The summed E-state index contributed by atoms with van der Waals surface area (Å²) in [6, 6.07) is 2.58. The van der Waals surface area contributed by atoms with E-state index in [9.17, 15) is 0 Å². The van der Waals surface area contributed by atoms with Crippen molar-refractivity contribution in [1.82, 2.24) is 25.2 Å². The molecule has 0 bridgehead atoms. The minimum Gasteiger partial charge on any atom is -0.340 e. The summed E-state index contributed by atoms with van der Waals surface area (Å²) < 4.78 is 7.00. The molecule has 0 aliphatic carbocycles. The molecule has 0 spiro atoms. The summed E-state index contributed by atoms with van der Waals surface area (Å²) in [7, 11) is 0. The van der Waals surface area contributed by atoms with Crippen LogP contribution in [0.5, 0.6) is 0 Å². The molecule has 6 heteroatoms. The van der Waals surface area contributed by atoms with E-state index in [0.717, 1.165) is 43.9 Å². The molecule has 0 fully saturated rings. The fourth-order valence-corrected chi connectivity index (χ4v) is 2.20. The van der Waals surface area contributed by atoms with E-state index in [0.29, 0.717) is 11.9 Å². The standard InChI is InChI=1S/C14H23N5O/c1-4-13(5-2)19-9-7-12(17-19)10-15-8-6-14-16-11(3)20-18-14/h7,9,13,15H,4-6,8,10H2,1-3H3. The molecule has 0 saturated heterocycles. The fourth-order valence-electron chi connectivity index (χ4n) is 2.20. The van der Waals surface area contributed by atoms with Gasteiger partial charge in [-0.05, 0) is 18.9 Å². The molecule has 0 aromatic carbocycles. The summed E-state index contributed by atoms with van der Waals surface area (Å²) in [5, 5.41) is 11.8. The second-order valence-electron chi connectivity index (χ2n) is 4.91. The molecule has 0 aliphatic rings. The number of nitrogens with one attached hydrogen (secondary N) is 1. The van der Waals surface area contributed by atoms with Crippen molar-refractivity contribution >= 4 is 0 Å². The molecule has 2 rings (SSSR count). The zero-order valence-corrected chi connectivity index (χ0v) is 12.5. The van der Waals surface area contributed by atoms with Gasteiger partial charge in [0.2, 0.25) is 5.89 Å². The predicted octanol–water partition coefficient (Wildman–Crippen LogP) is 2.27. The Morgan fingerprint density at radius 2 is 2.15 bits per heavy atom. The molecule has 2 heterocycles. The Morgan fingerprint density at radius 3 is 2.80 bits per heavy atom. The van der Waals surface area contributed by atoms with E-state index in [1.54, 1.807) is 6.92 Å². The van der Waals surface area contributed by atoms with Crippen molar-refractivity contribution in [2.45, 2.75) is 52.6 Å². The summed E-state index contributed by atoms with van der Waals surface area (Å²) in [4.78, 5) is 4.17. The van der Waals surface area contributed by atoms with Gasteiger partial charge in [0.15, 0.2) is 5.82 Å². The summed E-state index contributed by atoms with van der Waals surface area (Å²) >= 11 is 0. The highest BCUT2D eigenvalue weighted by Gasteiger charge is 2.07. The first-order valence-electron chi connectivity index (χ1n) is 7.26. The minimum atomic E-state index is 0.506. The van der Waals surface area contributed by atoms with Gasteiger partial charge in [0.05, 0.1) is 11.7 Å². The second-order valence-corrected chi connectivity index (χ2v) is 4.91.